The van der Waals surface area contributed by atoms with Gasteiger partial charge in [0.2, 0.25) is 0 Å². The van der Waals surface area contributed by atoms with Crippen LogP contribution in [0.25, 0.3) is 0 Å². The zero-order valence-corrected chi connectivity index (χ0v) is 21.9. The number of aryl methyl sites for hydroxylation is 2. The summed E-state index contributed by atoms with van der Waals surface area (Å²) in [6.07, 6.45) is 10.1. The highest BCUT2D eigenvalue weighted by Gasteiger charge is 2.37. The number of aliphatic hydroxyl groups excluding tert-OH is 1. The van der Waals surface area contributed by atoms with Gasteiger partial charge in [0.05, 0.1) is 6.10 Å². The molecular weight excluding hydrogens is 420 g/mol. The SMILES string of the molecule is Cc1cc(C(CCC(C)O)c2cc(C)cc(C3(C)CCCC3)c2O)c(O)c(C2(C)CCCC2)c1. The lowest BCUT2D eigenvalue weighted by Gasteiger charge is -2.31. The van der Waals surface area contributed by atoms with E-state index in [1.165, 1.54) is 25.7 Å². The maximum absolute atomic E-state index is 11.7. The lowest BCUT2D eigenvalue weighted by Crippen LogP contribution is -2.20. The molecule has 0 radical (unpaired) electrons. The summed E-state index contributed by atoms with van der Waals surface area (Å²) in [7, 11) is 0. The number of aromatic hydroxyl groups is 2. The van der Waals surface area contributed by atoms with Crippen molar-refractivity contribution >= 4 is 0 Å². The third-order valence-corrected chi connectivity index (χ3v) is 8.91. The second kappa shape index (κ2) is 9.57. The van der Waals surface area contributed by atoms with Crippen LogP contribution in [0.4, 0.5) is 0 Å². The topological polar surface area (TPSA) is 60.7 Å². The van der Waals surface area contributed by atoms with Gasteiger partial charge in [-0.3, -0.25) is 0 Å². The summed E-state index contributed by atoms with van der Waals surface area (Å²) in [5, 5.41) is 33.5. The van der Waals surface area contributed by atoms with Gasteiger partial charge in [-0.1, -0.05) is 74.9 Å². The Labute approximate surface area is 206 Å². The van der Waals surface area contributed by atoms with E-state index in [-0.39, 0.29) is 16.7 Å². The van der Waals surface area contributed by atoms with Crippen molar-refractivity contribution in [3.63, 3.8) is 0 Å². The Hall–Kier alpha value is -2.00. The number of rotatable bonds is 7. The van der Waals surface area contributed by atoms with Crippen LogP contribution in [0, 0.1) is 13.8 Å². The fourth-order valence-corrected chi connectivity index (χ4v) is 6.80. The molecule has 2 aromatic rings. The Morgan fingerprint density at radius 2 is 1.09 bits per heavy atom. The predicted octanol–water partition coefficient (Wildman–Crippen LogP) is 7.67. The first-order chi connectivity index (χ1) is 16.0. The maximum Gasteiger partial charge on any atom is 0.123 e. The van der Waals surface area contributed by atoms with Crippen LogP contribution in [0.2, 0.25) is 0 Å². The van der Waals surface area contributed by atoms with Crippen molar-refractivity contribution in [3.8, 4) is 11.5 Å². The van der Waals surface area contributed by atoms with Gasteiger partial charge in [0, 0.05) is 28.2 Å². The second-order valence-electron chi connectivity index (χ2n) is 12.0. The van der Waals surface area contributed by atoms with Gasteiger partial charge in [-0.2, -0.15) is 0 Å². The van der Waals surface area contributed by atoms with E-state index in [4.69, 9.17) is 0 Å². The summed E-state index contributed by atoms with van der Waals surface area (Å²) in [4.78, 5) is 0. The summed E-state index contributed by atoms with van der Waals surface area (Å²) < 4.78 is 0. The average Bonchev–Trinajstić information content (AvgIpc) is 3.42. The van der Waals surface area contributed by atoms with Crippen molar-refractivity contribution in [2.75, 3.05) is 0 Å². The van der Waals surface area contributed by atoms with Crippen molar-refractivity contribution in [1.82, 2.24) is 0 Å². The van der Waals surface area contributed by atoms with Crippen LogP contribution < -0.4 is 0 Å². The van der Waals surface area contributed by atoms with Crippen molar-refractivity contribution in [2.45, 2.75) is 122 Å². The van der Waals surface area contributed by atoms with Crippen LogP contribution in [0.15, 0.2) is 24.3 Å². The van der Waals surface area contributed by atoms with E-state index in [0.29, 0.717) is 24.3 Å². The molecule has 4 rings (SSSR count). The van der Waals surface area contributed by atoms with Gasteiger partial charge < -0.3 is 15.3 Å². The second-order valence-corrected chi connectivity index (χ2v) is 12.0. The highest BCUT2D eigenvalue weighted by Crippen LogP contribution is 2.51. The van der Waals surface area contributed by atoms with Gasteiger partial charge in [0.15, 0.2) is 0 Å². The van der Waals surface area contributed by atoms with Crippen LogP contribution in [0.1, 0.15) is 124 Å². The van der Waals surface area contributed by atoms with Crippen LogP contribution in [0.3, 0.4) is 0 Å². The molecular formula is C31H44O3. The molecule has 186 valence electrons. The highest BCUT2D eigenvalue weighted by atomic mass is 16.3. The van der Waals surface area contributed by atoms with E-state index in [0.717, 1.165) is 59.1 Å². The molecule has 0 aliphatic heterocycles. The van der Waals surface area contributed by atoms with Gasteiger partial charge in [-0.25, -0.2) is 0 Å². The number of phenolic OH excluding ortho intramolecular Hbond substituents is 2. The molecule has 0 spiro atoms. The van der Waals surface area contributed by atoms with E-state index < -0.39 is 6.10 Å². The fourth-order valence-electron chi connectivity index (χ4n) is 6.80. The van der Waals surface area contributed by atoms with Crippen LogP contribution in [0.5, 0.6) is 11.5 Å². The molecule has 34 heavy (non-hydrogen) atoms. The number of hydrogen-bond donors (Lipinski definition) is 3. The molecule has 0 aromatic heterocycles. The molecule has 2 saturated carbocycles. The molecule has 3 N–H and O–H groups in total. The van der Waals surface area contributed by atoms with Crippen LogP contribution >= 0.6 is 0 Å². The van der Waals surface area contributed by atoms with Gasteiger partial charge in [0.25, 0.3) is 0 Å². The number of aliphatic hydroxyl groups is 1. The zero-order chi connectivity index (χ0) is 24.7. The Morgan fingerprint density at radius 3 is 1.44 bits per heavy atom. The minimum absolute atomic E-state index is 0.00317. The van der Waals surface area contributed by atoms with Crippen molar-refractivity contribution in [2.24, 2.45) is 0 Å². The molecule has 3 heteroatoms. The normalized spacial score (nSPS) is 20.2. The Kier molecular flexibility index (Phi) is 7.06. The van der Waals surface area contributed by atoms with Crippen LogP contribution in [-0.4, -0.2) is 21.4 Å². The standard InChI is InChI=1S/C31H44O3/c1-20-16-24(28(33)26(18-20)30(4)12-6-7-13-30)23(11-10-22(3)32)25-17-21(2)19-27(29(25)34)31(5)14-8-9-15-31/h16-19,22-23,32-34H,6-15H2,1-5H3. The molecule has 0 bridgehead atoms. The quantitative estimate of drug-likeness (QED) is 0.394. The van der Waals surface area contributed by atoms with Crippen LogP contribution in [-0.2, 0) is 10.8 Å². The molecule has 2 fully saturated rings. The van der Waals surface area contributed by atoms with E-state index >= 15 is 0 Å². The number of hydrogen-bond acceptors (Lipinski definition) is 3. The minimum Gasteiger partial charge on any atom is -0.507 e. The first-order valence-corrected chi connectivity index (χ1v) is 13.4. The zero-order valence-electron chi connectivity index (χ0n) is 21.9. The van der Waals surface area contributed by atoms with Gasteiger partial charge >= 0.3 is 0 Å². The molecule has 2 aromatic carbocycles. The van der Waals surface area contributed by atoms with E-state index in [2.05, 4.69) is 52.0 Å². The molecule has 1 unspecified atom stereocenters. The molecule has 0 saturated heterocycles. The van der Waals surface area contributed by atoms with E-state index in [1.807, 2.05) is 6.92 Å². The first kappa shape index (κ1) is 25.1. The smallest absolute Gasteiger partial charge is 0.123 e. The Morgan fingerprint density at radius 1 is 0.706 bits per heavy atom. The average molecular weight is 465 g/mol. The molecule has 2 aliphatic carbocycles. The summed E-state index contributed by atoms with van der Waals surface area (Å²) in [6.45, 7) is 10.6. The molecule has 2 aliphatic rings. The fraction of sp³-hybridized carbons (Fsp3) is 0.613. The first-order valence-electron chi connectivity index (χ1n) is 13.4. The lowest BCUT2D eigenvalue weighted by molar-refractivity contribution is 0.179. The van der Waals surface area contributed by atoms with Crippen molar-refractivity contribution in [1.29, 1.82) is 0 Å². The summed E-state index contributed by atoms with van der Waals surface area (Å²) in [6, 6.07) is 8.53. The number of benzene rings is 2. The Balaban J connectivity index is 1.88. The summed E-state index contributed by atoms with van der Waals surface area (Å²) in [5.74, 6) is 0.613. The van der Waals surface area contributed by atoms with Crippen molar-refractivity contribution < 1.29 is 15.3 Å². The molecule has 3 nitrogen and oxygen atoms in total. The van der Waals surface area contributed by atoms with Gasteiger partial charge in [-0.05, 0) is 70.1 Å². The van der Waals surface area contributed by atoms with E-state index in [1.54, 1.807) is 0 Å². The molecule has 1 atom stereocenters. The third-order valence-electron chi connectivity index (χ3n) is 8.91. The monoisotopic (exact) mass is 464 g/mol. The minimum atomic E-state index is -0.431. The van der Waals surface area contributed by atoms with Crippen molar-refractivity contribution in [3.05, 3.63) is 57.6 Å². The highest BCUT2D eigenvalue weighted by molar-refractivity contribution is 5.56. The molecule has 0 heterocycles. The summed E-state index contributed by atoms with van der Waals surface area (Å²) in [5.41, 5.74) is 6.18. The van der Waals surface area contributed by atoms with Gasteiger partial charge in [0.1, 0.15) is 11.5 Å². The third kappa shape index (κ3) is 4.73. The Bertz CT molecular complexity index is 946. The number of phenols is 2. The molecule has 0 amide bonds. The maximum atomic E-state index is 11.7. The predicted molar refractivity (Wildman–Crippen MR) is 140 cm³/mol. The summed E-state index contributed by atoms with van der Waals surface area (Å²) >= 11 is 0. The lowest BCUT2D eigenvalue weighted by atomic mass is 9.74. The van der Waals surface area contributed by atoms with Gasteiger partial charge in [-0.15, -0.1) is 0 Å². The van der Waals surface area contributed by atoms with E-state index in [9.17, 15) is 15.3 Å². The largest absolute Gasteiger partial charge is 0.507 e.